The van der Waals surface area contributed by atoms with Gasteiger partial charge in [-0.1, -0.05) is 180 Å². The third kappa shape index (κ3) is 11.5. The van der Waals surface area contributed by atoms with Crippen molar-refractivity contribution < 1.29 is 27.6 Å². The van der Waals surface area contributed by atoms with E-state index in [9.17, 15) is 27.6 Å². The molecule has 0 aromatic heterocycles. The summed E-state index contributed by atoms with van der Waals surface area (Å²) in [5, 5.41) is 15.7. The number of aryl methyl sites for hydroxylation is 2. The molecule has 0 unspecified atom stereocenters. The first-order chi connectivity index (χ1) is 30.4. The van der Waals surface area contributed by atoms with Crippen molar-refractivity contribution >= 4 is 160 Å². The molecule has 0 atom stereocenters. The van der Waals surface area contributed by atoms with Crippen LogP contribution < -0.4 is 15.5 Å². The van der Waals surface area contributed by atoms with Gasteiger partial charge in [-0.2, -0.15) is 18.4 Å². The molecule has 324 valence electrons. The van der Waals surface area contributed by atoms with Gasteiger partial charge in [0.1, 0.15) is 8.64 Å². The first-order valence-electron chi connectivity index (χ1n) is 18.8. The van der Waals surface area contributed by atoms with E-state index in [0.29, 0.717) is 19.1 Å². The van der Waals surface area contributed by atoms with E-state index in [2.05, 4.69) is 66.9 Å². The normalized spacial score (nSPS) is 17.0. The number of thioether (sulfide) groups is 3. The standard InChI is InChI=1S/C23H19NOS2.C12H8N2OS2.C11H4Cl2F3NOS2/c1-3-18(17-13-11-15(2)12-14-17)21-22(25)24(23(26)27-21)20-10-6-8-16-7-4-5-9-19(16)20;1-7-2-3-8(9(4-7)6-13)5-10-11(15)14-12(16)17-10;12-6-1-4(11(14,15)16)2-7(13)5(6)3-8-9(18)17-10(19)20-8/h4-14H,3H2,1-2H3;2-5H,1H3,(H,14,15,16);1-3H,(H,17,18,19)/b21-18-;10-5-;8-3-. The average molecular weight is 1010 g/mol. The maximum absolute atomic E-state index is 13.4. The smallest absolute Gasteiger partial charge is 0.307 e. The number of hydrogen-bond donors (Lipinski definition) is 2. The Morgan fingerprint density at radius 1 is 0.781 bits per heavy atom. The average Bonchev–Trinajstić information content (AvgIpc) is 3.86. The van der Waals surface area contributed by atoms with Gasteiger partial charge in [0, 0.05) is 21.0 Å². The third-order valence-corrected chi connectivity index (χ3v) is 13.8. The number of amides is 3. The molecule has 0 spiro atoms. The van der Waals surface area contributed by atoms with Gasteiger partial charge in [0.05, 0.1) is 37.6 Å². The lowest BCUT2D eigenvalue weighted by atomic mass is 10.0. The number of anilines is 1. The molecule has 18 heteroatoms. The van der Waals surface area contributed by atoms with Gasteiger partial charge in [0.25, 0.3) is 17.7 Å². The van der Waals surface area contributed by atoms with E-state index in [0.717, 1.165) is 73.9 Å². The molecule has 3 amide bonds. The van der Waals surface area contributed by atoms with Crippen LogP contribution in [-0.2, 0) is 20.6 Å². The molecule has 3 fully saturated rings. The zero-order valence-corrected chi connectivity index (χ0v) is 40.0. The van der Waals surface area contributed by atoms with Crippen molar-refractivity contribution in [1.82, 2.24) is 10.6 Å². The molecule has 0 radical (unpaired) electrons. The minimum atomic E-state index is -4.54. The van der Waals surface area contributed by atoms with Gasteiger partial charge in [0.15, 0.2) is 4.32 Å². The van der Waals surface area contributed by atoms with Crippen molar-refractivity contribution in [2.75, 3.05) is 4.90 Å². The number of nitrogens with zero attached hydrogens (tertiary/aromatic N) is 2. The highest BCUT2D eigenvalue weighted by atomic mass is 35.5. The van der Waals surface area contributed by atoms with Crippen molar-refractivity contribution in [2.45, 2.75) is 33.4 Å². The summed E-state index contributed by atoms with van der Waals surface area (Å²) in [7, 11) is 0. The SMILES string of the molecule is CC/C(=C1/SC(=S)N(c2cccc3ccccc23)C1=O)c1ccc(C)cc1.Cc1ccc(/C=C2\SC(=S)NC2=O)c(C#N)c1.O=C1NC(=S)S/C1=C\c1c(Cl)cc(C(F)(F)F)cc1Cl. The summed E-state index contributed by atoms with van der Waals surface area (Å²) in [6.45, 7) is 6.07. The molecule has 5 aromatic rings. The number of carbonyl (C=O) groups excluding carboxylic acids is 3. The number of nitrogens with one attached hydrogen (secondary N) is 2. The second kappa shape index (κ2) is 21.0. The van der Waals surface area contributed by atoms with Gasteiger partial charge < -0.3 is 10.6 Å². The lowest BCUT2D eigenvalue weighted by molar-refractivity contribution is -0.137. The van der Waals surface area contributed by atoms with Crippen LogP contribution in [0.25, 0.3) is 28.5 Å². The second-order valence-corrected chi connectivity index (χ2v) is 19.7. The molecule has 0 aliphatic carbocycles. The molecule has 3 aliphatic heterocycles. The number of rotatable bonds is 5. The van der Waals surface area contributed by atoms with E-state index in [1.807, 2.05) is 49.4 Å². The third-order valence-electron chi connectivity index (χ3n) is 9.39. The summed E-state index contributed by atoms with van der Waals surface area (Å²) in [5.74, 6) is -0.671. The molecule has 2 N–H and O–H groups in total. The van der Waals surface area contributed by atoms with Crippen LogP contribution in [0.1, 0.15) is 52.3 Å². The fourth-order valence-electron chi connectivity index (χ4n) is 6.31. The molecule has 8 rings (SSSR count). The van der Waals surface area contributed by atoms with E-state index in [1.165, 1.54) is 35.2 Å². The predicted molar refractivity (Wildman–Crippen MR) is 270 cm³/mol. The van der Waals surface area contributed by atoms with Crippen molar-refractivity contribution in [1.29, 1.82) is 5.26 Å². The van der Waals surface area contributed by atoms with Crippen LogP contribution >= 0.6 is 95.1 Å². The zero-order valence-electron chi connectivity index (χ0n) is 33.6. The predicted octanol–water partition coefficient (Wildman–Crippen LogP) is 13.2. The first-order valence-corrected chi connectivity index (χ1v) is 23.2. The molecule has 3 aliphatic rings. The minimum absolute atomic E-state index is 0.0289. The number of halogens is 5. The van der Waals surface area contributed by atoms with Crippen molar-refractivity contribution in [3.8, 4) is 6.07 Å². The number of thiocarbonyl (C=S) groups is 3. The van der Waals surface area contributed by atoms with Crippen molar-refractivity contribution in [3.63, 3.8) is 0 Å². The summed E-state index contributed by atoms with van der Waals surface area (Å²) in [4.78, 5) is 39.5. The Morgan fingerprint density at radius 3 is 1.92 bits per heavy atom. The number of allylic oxidation sites excluding steroid dienone is 1. The Kier molecular flexibility index (Phi) is 15.9. The molecular formula is C46H31Cl2F3N4O3S6. The van der Waals surface area contributed by atoms with Crippen LogP contribution in [0.3, 0.4) is 0 Å². The molecule has 0 saturated carbocycles. The Balaban J connectivity index is 0.000000165. The highest BCUT2D eigenvalue weighted by molar-refractivity contribution is 8.28. The molecular weight excluding hydrogens is 977 g/mol. The summed E-state index contributed by atoms with van der Waals surface area (Å²) in [6.07, 6.45) is -0.759. The number of alkyl halides is 3. The number of fused-ring (bicyclic) bond motifs is 1. The monoisotopic (exact) mass is 1010 g/mol. The van der Waals surface area contributed by atoms with Crippen LogP contribution in [0, 0.1) is 25.2 Å². The van der Waals surface area contributed by atoms with E-state index in [4.69, 9.17) is 65.1 Å². The summed E-state index contributed by atoms with van der Waals surface area (Å²) in [5.41, 5.74) is 5.70. The summed E-state index contributed by atoms with van der Waals surface area (Å²) < 4.78 is 39.0. The molecule has 3 heterocycles. The van der Waals surface area contributed by atoms with E-state index < -0.39 is 17.6 Å². The maximum Gasteiger partial charge on any atom is 0.416 e. The van der Waals surface area contributed by atoms with E-state index >= 15 is 0 Å². The lowest BCUT2D eigenvalue weighted by Gasteiger charge is -2.17. The second-order valence-electron chi connectivity index (χ2n) is 13.8. The molecule has 3 saturated heterocycles. The van der Waals surface area contributed by atoms with Crippen molar-refractivity contribution in [2.24, 2.45) is 0 Å². The molecule has 5 aromatic carbocycles. The number of nitriles is 1. The van der Waals surface area contributed by atoms with Gasteiger partial charge in [-0.3, -0.25) is 19.3 Å². The topological polar surface area (TPSA) is 102 Å². The first kappa shape index (κ1) is 48.6. The Morgan fingerprint density at radius 2 is 1.36 bits per heavy atom. The minimum Gasteiger partial charge on any atom is -0.307 e. The highest BCUT2D eigenvalue weighted by Gasteiger charge is 2.36. The van der Waals surface area contributed by atoms with Gasteiger partial charge in [-0.25, -0.2) is 0 Å². The lowest BCUT2D eigenvalue weighted by Crippen LogP contribution is -2.27. The van der Waals surface area contributed by atoms with Gasteiger partial charge in [-0.05, 0) is 84.3 Å². The van der Waals surface area contributed by atoms with Crippen molar-refractivity contribution in [3.05, 3.63) is 161 Å². The highest BCUT2D eigenvalue weighted by Crippen LogP contribution is 2.43. The Bertz CT molecular complexity index is 2900. The van der Waals surface area contributed by atoms with E-state index in [1.54, 1.807) is 17.0 Å². The summed E-state index contributed by atoms with van der Waals surface area (Å²) >= 11 is 30.5. The number of benzene rings is 5. The summed E-state index contributed by atoms with van der Waals surface area (Å²) in [6, 6.07) is 31.6. The molecule has 0 bridgehead atoms. The van der Waals surface area contributed by atoms with Gasteiger partial charge in [-0.15, -0.1) is 0 Å². The fraction of sp³-hybridized carbons (Fsp3) is 0.109. The van der Waals surface area contributed by atoms with Crippen LogP contribution in [0.2, 0.25) is 10.0 Å². The Hall–Kier alpha value is -4.83. The Labute approximate surface area is 405 Å². The van der Waals surface area contributed by atoms with E-state index in [-0.39, 0.29) is 36.6 Å². The van der Waals surface area contributed by atoms with Crippen LogP contribution in [0.4, 0.5) is 18.9 Å². The van der Waals surface area contributed by atoms with Crippen LogP contribution in [0.5, 0.6) is 0 Å². The number of carbonyl (C=O) groups is 3. The zero-order chi connectivity index (χ0) is 46.5. The van der Waals surface area contributed by atoms with Crippen LogP contribution in [0.15, 0.2) is 112 Å². The van der Waals surface area contributed by atoms with Crippen LogP contribution in [-0.4, -0.2) is 30.7 Å². The maximum atomic E-state index is 13.4. The molecule has 64 heavy (non-hydrogen) atoms. The quantitative estimate of drug-likeness (QED) is 0.131. The largest absolute Gasteiger partial charge is 0.416 e. The van der Waals surface area contributed by atoms with Gasteiger partial charge >= 0.3 is 6.18 Å². The number of hydrogen-bond acceptors (Lipinski definition) is 10. The molecule has 7 nitrogen and oxygen atoms in total. The van der Waals surface area contributed by atoms with Gasteiger partial charge in [0.2, 0.25) is 0 Å². The fourth-order valence-corrected chi connectivity index (χ4v) is 10.4.